The Morgan fingerprint density at radius 3 is 2.35 bits per heavy atom. The monoisotopic (exact) mass is 287 g/mol. The van der Waals surface area contributed by atoms with E-state index in [1.54, 1.807) is 16.8 Å². The molecule has 20 heavy (non-hydrogen) atoms. The van der Waals surface area contributed by atoms with E-state index >= 15 is 0 Å². The van der Waals surface area contributed by atoms with Crippen molar-refractivity contribution in [2.45, 2.75) is 5.88 Å². The van der Waals surface area contributed by atoms with Gasteiger partial charge in [0.2, 0.25) is 0 Å². The van der Waals surface area contributed by atoms with E-state index in [4.69, 9.17) is 11.6 Å². The first kappa shape index (κ1) is 12.8. The minimum absolute atomic E-state index is 0.250. The van der Waals surface area contributed by atoms with Crippen molar-refractivity contribution in [3.8, 4) is 16.9 Å². The van der Waals surface area contributed by atoms with Gasteiger partial charge in [0, 0.05) is 5.56 Å². The summed E-state index contributed by atoms with van der Waals surface area (Å²) in [6.45, 7) is 0. The second kappa shape index (κ2) is 5.43. The summed E-state index contributed by atoms with van der Waals surface area (Å²) in [6.07, 6.45) is 0. The summed E-state index contributed by atoms with van der Waals surface area (Å²) in [5.41, 5.74) is 3.17. The lowest BCUT2D eigenvalue weighted by Crippen LogP contribution is -1.99. The highest BCUT2D eigenvalue weighted by Gasteiger charge is 2.15. The Labute approximate surface area is 120 Å². The van der Waals surface area contributed by atoms with Gasteiger partial charge in [-0.05, 0) is 36.4 Å². The normalized spacial score (nSPS) is 10.7. The quantitative estimate of drug-likeness (QED) is 0.686. The predicted octanol–water partition coefficient (Wildman–Crippen LogP) is 3.81. The maximum Gasteiger partial charge on any atom is 0.123 e. The summed E-state index contributed by atoms with van der Waals surface area (Å²) in [7, 11) is 0. The second-order valence-electron chi connectivity index (χ2n) is 4.27. The van der Waals surface area contributed by atoms with Crippen LogP contribution in [-0.4, -0.2) is 15.0 Å². The van der Waals surface area contributed by atoms with Crippen LogP contribution in [0.5, 0.6) is 0 Å². The Bertz CT molecular complexity index is 708. The molecule has 3 nitrogen and oxygen atoms in total. The van der Waals surface area contributed by atoms with Crippen molar-refractivity contribution >= 4 is 11.6 Å². The number of aromatic nitrogens is 3. The SMILES string of the molecule is Fc1ccc(-c2c(CCl)nnn2-c2ccccc2)cc1. The van der Waals surface area contributed by atoms with Crippen LogP contribution in [0.2, 0.25) is 0 Å². The van der Waals surface area contributed by atoms with Crippen LogP contribution in [0, 0.1) is 5.82 Å². The molecule has 0 aliphatic carbocycles. The second-order valence-corrected chi connectivity index (χ2v) is 4.54. The molecule has 0 atom stereocenters. The smallest absolute Gasteiger partial charge is 0.123 e. The molecule has 0 radical (unpaired) electrons. The van der Waals surface area contributed by atoms with Crippen LogP contribution >= 0.6 is 11.6 Å². The van der Waals surface area contributed by atoms with Crippen LogP contribution in [0.3, 0.4) is 0 Å². The summed E-state index contributed by atoms with van der Waals surface area (Å²) in [5, 5.41) is 8.24. The van der Waals surface area contributed by atoms with Crippen molar-refractivity contribution in [2.75, 3.05) is 0 Å². The average Bonchev–Trinajstić information content (AvgIpc) is 2.93. The van der Waals surface area contributed by atoms with Gasteiger partial charge in [0.25, 0.3) is 0 Å². The molecule has 0 fully saturated rings. The van der Waals surface area contributed by atoms with E-state index in [2.05, 4.69) is 10.3 Å². The zero-order valence-corrected chi connectivity index (χ0v) is 11.3. The summed E-state index contributed by atoms with van der Waals surface area (Å²) < 4.78 is 14.8. The molecule has 0 aliphatic rings. The van der Waals surface area contributed by atoms with E-state index in [0.717, 1.165) is 16.9 Å². The topological polar surface area (TPSA) is 30.7 Å². The molecule has 5 heteroatoms. The van der Waals surface area contributed by atoms with Crippen LogP contribution in [0.4, 0.5) is 4.39 Å². The lowest BCUT2D eigenvalue weighted by atomic mass is 10.1. The standard InChI is InChI=1S/C15H11ClFN3/c16-10-14-15(11-6-8-12(17)9-7-11)20(19-18-14)13-4-2-1-3-5-13/h1-9H,10H2. The molecule has 0 unspecified atom stereocenters. The zero-order chi connectivity index (χ0) is 13.9. The molecule has 0 spiro atoms. The predicted molar refractivity (Wildman–Crippen MR) is 76.3 cm³/mol. The van der Waals surface area contributed by atoms with Gasteiger partial charge in [-0.3, -0.25) is 0 Å². The van der Waals surface area contributed by atoms with Gasteiger partial charge >= 0.3 is 0 Å². The van der Waals surface area contributed by atoms with Gasteiger partial charge in [0.15, 0.2) is 0 Å². The molecule has 3 rings (SSSR count). The number of hydrogen-bond acceptors (Lipinski definition) is 2. The van der Waals surface area contributed by atoms with Crippen LogP contribution in [0.25, 0.3) is 16.9 Å². The van der Waals surface area contributed by atoms with E-state index in [1.807, 2.05) is 30.3 Å². The summed E-state index contributed by atoms with van der Waals surface area (Å²) in [5.74, 6) is -0.0283. The largest absolute Gasteiger partial charge is 0.213 e. The number of para-hydroxylation sites is 1. The Balaban J connectivity index is 2.18. The molecule has 0 saturated carbocycles. The molecule has 3 aromatic rings. The number of hydrogen-bond donors (Lipinski definition) is 0. The van der Waals surface area contributed by atoms with E-state index < -0.39 is 0 Å². The first-order valence-corrected chi connectivity index (χ1v) is 6.65. The average molecular weight is 288 g/mol. The number of nitrogens with zero attached hydrogens (tertiary/aromatic N) is 3. The molecule has 0 amide bonds. The van der Waals surface area contributed by atoms with E-state index in [-0.39, 0.29) is 11.7 Å². The molecule has 1 heterocycles. The molecule has 2 aromatic carbocycles. The fraction of sp³-hybridized carbons (Fsp3) is 0.0667. The molecular weight excluding hydrogens is 277 g/mol. The number of benzene rings is 2. The van der Waals surface area contributed by atoms with E-state index in [1.165, 1.54) is 12.1 Å². The third-order valence-electron chi connectivity index (χ3n) is 2.99. The highest BCUT2D eigenvalue weighted by atomic mass is 35.5. The van der Waals surface area contributed by atoms with Gasteiger partial charge in [0.1, 0.15) is 11.5 Å². The van der Waals surface area contributed by atoms with Gasteiger partial charge < -0.3 is 0 Å². The minimum atomic E-state index is -0.278. The van der Waals surface area contributed by atoms with E-state index in [0.29, 0.717) is 5.69 Å². The maximum absolute atomic E-state index is 13.1. The number of halogens is 2. The van der Waals surface area contributed by atoms with Crippen LogP contribution in [-0.2, 0) is 5.88 Å². The zero-order valence-electron chi connectivity index (χ0n) is 10.5. The lowest BCUT2D eigenvalue weighted by Gasteiger charge is -2.07. The van der Waals surface area contributed by atoms with Crippen molar-refractivity contribution in [2.24, 2.45) is 0 Å². The molecular formula is C15H11ClFN3. The fourth-order valence-electron chi connectivity index (χ4n) is 2.05. The number of rotatable bonds is 3. The Kier molecular flexibility index (Phi) is 3.48. The van der Waals surface area contributed by atoms with Crippen molar-refractivity contribution in [1.29, 1.82) is 0 Å². The van der Waals surface area contributed by atoms with Gasteiger partial charge in [-0.25, -0.2) is 9.07 Å². The molecule has 0 N–H and O–H groups in total. The van der Waals surface area contributed by atoms with E-state index in [9.17, 15) is 4.39 Å². The van der Waals surface area contributed by atoms with Crippen molar-refractivity contribution in [3.63, 3.8) is 0 Å². The van der Waals surface area contributed by atoms with Gasteiger partial charge in [-0.1, -0.05) is 23.4 Å². The fourth-order valence-corrected chi connectivity index (χ4v) is 2.23. The van der Waals surface area contributed by atoms with Gasteiger partial charge in [-0.2, -0.15) is 0 Å². The third-order valence-corrected chi connectivity index (χ3v) is 3.24. The highest BCUT2D eigenvalue weighted by Crippen LogP contribution is 2.26. The summed E-state index contributed by atoms with van der Waals surface area (Å²) in [4.78, 5) is 0. The van der Waals surface area contributed by atoms with Gasteiger partial charge in [-0.15, -0.1) is 16.7 Å². The first-order valence-electron chi connectivity index (χ1n) is 6.11. The summed E-state index contributed by atoms with van der Waals surface area (Å²) in [6, 6.07) is 15.9. The molecule has 0 saturated heterocycles. The highest BCUT2D eigenvalue weighted by molar-refractivity contribution is 6.17. The van der Waals surface area contributed by atoms with Crippen LogP contribution in [0.1, 0.15) is 5.69 Å². The van der Waals surface area contributed by atoms with Gasteiger partial charge in [0.05, 0.1) is 17.3 Å². The third kappa shape index (κ3) is 2.30. The van der Waals surface area contributed by atoms with Crippen molar-refractivity contribution in [3.05, 3.63) is 66.1 Å². The van der Waals surface area contributed by atoms with Crippen LogP contribution in [0.15, 0.2) is 54.6 Å². The molecule has 0 aliphatic heterocycles. The summed E-state index contributed by atoms with van der Waals surface area (Å²) >= 11 is 5.92. The van der Waals surface area contributed by atoms with Crippen molar-refractivity contribution < 1.29 is 4.39 Å². The van der Waals surface area contributed by atoms with Crippen LogP contribution < -0.4 is 0 Å². The maximum atomic E-state index is 13.1. The molecule has 100 valence electrons. The molecule has 0 bridgehead atoms. The van der Waals surface area contributed by atoms with Crippen molar-refractivity contribution in [1.82, 2.24) is 15.0 Å². The lowest BCUT2D eigenvalue weighted by molar-refractivity contribution is 0.628. The number of alkyl halides is 1. The minimum Gasteiger partial charge on any atom is -0.213 e. The Hall–Kier alpha value is -2.20. The Morgan fingerprint density at radius 1 is 1.00 bits per heavy atom. The molecule has 1 aromatic heterocycles. The first-order chi connectivity index (χ1) is 9.79. The Morgan fingerprint density at radius 2 is 1.70 bits per heavy atom.